The van der Waals surface area contributed by atoms with Crippen molar-refractivity contribution in [2.24, 2.45) is 0 Å². The number of aromatic hydroxyl groups is 1. The molecule has 0 saturated carbocycles. The Balaban J connectivity index is 1.88. The van der Waals surface area contributed by atoms with Gasteiger partial charge in [0.1, 0.15) is 17.2 Å². The van der Waals surface area contributed by atoms with Crippen molar-refractivity contribution >= 4 is 0 Å². The Labute approximate surface area is 174 Å². The van der Waals surface area contributed by atoms with Gasteiger partial charge in [0, 0.05) is 17.2 Å². The van der Waals surface area contributed by atoms with Crippen molar-refractivity contribution in [3.8, 4) is 51.4 Å². The molecule has 0 bridgehead atoms. The highest BCUT2D eigenvalue weighted by Crippen LogP contribution is 2.32. The molecule has 4 rings (SSSR count). The number of methoxy groups -OCH3 is 2. The number of nitrogens with zero attached hydrogens (tertiary/aromatic N) is 3. The van der Waals surface area contributed by atoms with Gasteiger partial charge in [0.15, 0.2) is 17.5 Å². The molecule has 30 heavy (non-hydrogen) atoms. The molecule has 6 heteroatoms. The molecule has 0 amide bonds. The van der Waals surface area contributed by atoms with Crippen LogP contribution in [0.5, 0.6) is 17.2 Å². The number of phenols is 1. The van der Waals surface area contributed by atoms with Crippen LogP contribution < -0.4 is 9.47 Å². The largest absolute Gasteiger partial charge is 0.507 e. The molecule has 0 spiro atoms. The number of phenolic OH excluding ortho intramolecular Hbond substituents is 1. The summed E-state index contributed by atoms with van der Waals surface area (Å²) >= 11 is 0. The summed E-state index contributed by atoms with van der Waals surface area (Å²) in [6.45, 7) is 2.03. The maximum atomic E-state index is 10.5. The van der Waals surface area contributed by atoms with Crippen LogP contribution >= 0.6 is 0 Å². The first-order chi connectivity index (χ1) is 14.6. The third kappa shape index (κ3) is 3.93. The fraction of sp³-hybridized carbons (Fsp3) is 0.125. The fourth-order valence-corrected chi connectivity index (χ4v) is 3.02. The second kappa shape index (κ2) is 8.21. The summed E-state index contributed by atoms with van der Waals surface area (Å²) in [4.78, 5) is 13.9. The van der Waals surface area contributed by atoms with Crippen molar-refractivity contribution in [3.63, 3.8) is 0 Å². The highest BCUT2D eigenvalue weighted by atomic mass is 16.5. The lowest BCUT2D eigenvalue weighted by molar-refractivity contribution is 0.408. The van der Waals surface area contributed by atoms with Crippen molar-refractivity contribution in [1.82, 2.24) is 15.0 Å². The minimum absolute atomic E-state index is 0.0380. The molecular weight excluding hydrogens is 378 g/mol. The zero-order valence-corrected chi connectivity index (χ0v) is 17.0. The molecule has 0 fully saturated rings. The molecule has 0 aliphatic carbocycles. The monoisotopic (exact) mass is 399 g/mol. The van der Waals surface area contributed by atoms with Crippen molar-refractivity contribution in [2.75, 3.05) is 14.2 Å². The number of ether oxygens (including phenoxy) is 2. The summed E-state index contributed by atoms with van der Waals surface area (Å²) in [6, 6.07) is 20.5. The molecule has 0 aliphatic rings. The second-order valence-electron chi connectivity index (χ2n) is 6.78. The lowest BCUT2D eigenvalue weighted by Gasteiger charge is -2.10. The third-order valence-corrected chi connectivity index (χ3v) is 4.74. The van der Waals surface area contributed by atoms with Crippen molar-refractivity contribution in [2.45, 2.75) is 6.92 Å². The minimum atomic E-state index is 0.0380. The number of hydrogen-bond donors (Lipinski definition) is 1. The Morgan fingerprint density at radius 2 is 1.13 bits per heavy atom. The van der Waals surface area contributed by atoms with Gasteiger partial charge < -0.3 is 14.6 Å². The van der Waals surface area contributed by atoms with Gasteiger partial charge in [0.25, 0.3) is 0 Å². The Hall–Kier alpha value is -3.93. The van der Waals surface area contributed by atoms with Gasteiger partial charge >= 0.3 is 0 Å². The summed E-state index contributed by atoms with van der Waals surface area (Å²) < 4.78 is 10.4. The molecule has 1 aromatic heterocycles. The van der Waals surface area contributed by atoms with E-state index in [9.17, 15) is 5.11 Å². The first kappa shape index (κ1) is 19.4. The van der Waals surface area contributed by atoms with E-state index < -0.39 is 0 Å². The van der Waals surface area contributed by atoms with Crippen LogP contribution in [0.15, 0.2) is 66.7 Å². The van der Waals surface area contributed by atoms with Gasteiger partial charge in [-0.3, -0.25) is 0 Å². The molecule has 0 atom stereocenters. The standard InChI is InChI=1S/C24H21N3O3/c1-15-4-6-16(7-5-15)22-25-23(17-8-10-18(29-2)11-9-17)27-24(26-22)20-13-12-19(30-3)14-21(20)28/h4-14,28H,1-3H3. The van der Waals surface area contributed by atoms with Crippen LogP contribution in [0, 0.1) is 6.92 Å². The van der Waals surface area contributed by atoms with E-state index in [1.807, 2.05) is 55.5 Å². The van der Waals surface area contributed by atoms with Crippen molar-refractivity contribution in [3.05, 3.63) is 72.3 Å². The van der Waals surface area contributed by atoms with Gasteiger partial charge in [0.2, 0.25) is 0 Å². The highest BCUT2D eigenvalue weighted by molar-refractivity contribution is 5.70. The molecule has 0 aliphatic heterocycles. The van der Waals surface area contributed by atoms with Crippen molar-refractivity contribution in [1.29, 1.82) is 0 Å². The van der Waals surface area contributed by atoms with E-state index in [0.29, 0.717) is 28.8 Å². The first-order valence-corrected chi connectivity index (χ1v) is 9.42. The topological polar surface area (TPSA) is 77.4 Å². The molecule has 1 heterocycles. The van der Waals surface area contributed by atoms with Crippen LogP contribution in [-0.2, 0) is 0 Å². The second-order valence-corrected chi connectivity index (χ2v) is 6.78. The van der Waals surface area contributed by atoms with E-state index in [2.05, 4.69) is 15.0 Å². The van der Waals surface area contributed by atoms with Crippen molar-refractivity contribution < 1.29 is 14.6 Å². The molecule has 150 valence electrons. The molecule has 0 radical (unpaired) electrons. The molecule has 0 unspecified atom stereocenters. The minimum Gasteiger partial charge on any atom is -0.507 e. The van der Waals surface area contributed by atoms with Crippen LogP contribution in [0.2, 0.25) is 0 Å². The fourth-order valence-electron chi connectivity index (χ4n) is 3.02. The smallest absolute Gasteiger partial charge is 0.167 e. The molecule has 0 saturated heterocycles. The zero-order chi connectivity index (χ0) is 21.1. The van der Waals surface area contributed by atoms with Gasteiger partial charge in [-0.25, -0.2) is 15.0 Å². The van der Waals surface area contributed by atoms with Crippen LogP contribution in [-0.4, -0.2) is 34.3 Å². The first-order valence-electron chi connectivity index (χ1n) is 9.42. The van der Waals surface area contributed by atoms with E-state index in [4.69, 9.17) is 9.47 Å². The summed E-state index contributed by atoms with van der Waals surface area (Å²) in [5, 5.41) is 10.5. The van der Waals surface area contributed by atoms with Gasteiger partial charge in [-0.05, 0) is 43.3 Å². The zero-order valence-electron chi connectivity index (χ0n) is 17.0. The van der Waals surface area contributed by atoms with Crippen LogP contribution in [0.3, 0.4) is 0 Å². The summed E-state index contributed by atoms with van der Waals surface area (Å²) in [5.41, 5.74) is 3.34. The predicted molar refractivity (Wildman–Crippen MR) is 116 cm³/mol. The average Bonchev–Trinajstić information content (AvgIpc) is 2.79. The maximum absolute atomic E-state index is 10.5. The Morgan fingerprint density at radius 1 is 0.633 bits per heavy atom. The molecule has 6 nitrogen and oxygen atoms in total. The lowest BCUT2D eigenvalue weighted by atomic mass is 10.1. The van der Waals surface area contributed by atoms with E-state index in [1.165, 1.54) is 6.07 Å². The predicted octanol–water partition coefficient (Wildman–Crippen LogP) is 4.90. The van der Waals surface area contributed by atoms with Gasteiger partial charge in [-0.1, -0.05) is 29.8 Å². The Bertz CT molecular complexity index is 1170. The van der Waals surface area contributed by atoms with Crippen LogP contribution in [0.25, 0.3) is 34.2 Å². The maximum Gasteiger partial charge on any atom is 0.167 e. The van der Waals surface area contributed by atoms with Gasteiger partial charge in [-0.2, -0.15) is 0 Å². The van der Waals surface area contributed by atoms with Crippen LogP contribution in [0.4, 0.5) is 0 Å². The third-order valence-electron chi connectivity index (χ3n) is 4.74. The molecule has 1 N–H and O–H groups in total. The number of benzene rings is 3. The normalized spacial score (nSPS) is 10.6. The summed E-state index contributed by atoms with van der Waals surface area (Å²) in [7, 11) is 3.17. The summed E-state index contributed by atoms with van der Waals surface area (Å²) in [6.07, 6.45) is 0. The Morgan fingerprint density at radius 3 is 1.67 bits per heavy atom. The van der Waals surface area contributed by atoms with Gasteiger partial charge in [-0.15, -0.1) is 0 Å². The number of rotatable bonds is 5. The van der Waals surface area contributed by atoms with E-state index in [1.54, 1.807) is 26.4 Å². The molecular formula is C24H21N3O3. The lowest BCUT2D eigenvalue weighted by Crippen LogP contribution is -2.00. The van der Waals surface area contributed by atoms with E-state index in [0.717, 1.165) is 22.4 Å². The highest BCUT2D eigenvalue weighted by Gasteiger charge is 2.15. The number of hydrogen-bond acceptors (Lipinski definition) is 6. The number of aryl methyl sites for hydroxylation is 1. The van der Waals surface area contributed by atoms with Crippen LogP contribution in [0.1, 0.15) is 5.56 Å². The van der Waals surface area contributed by atoms with E-state index >= 15 is 0 Å². The summed E-state index contributed by atoms with van der Waals surface area (Å²) in [5.74, 6) is 2.76. The average molecular weight is 399 g/mol. The van der Waals surface area contributed by atoms with E-state index in [-0.39, 0.29) is 5.75 Å². The Kier molecular flexibility index (Phi) is 5.30. The molecule has 3 aromatic carbocycles. The van der Waals surface area contributed by atoms with Gasteiger partial charge in [0.05, 0.1) is 19.8 Å². The quantitative estimate of drug-likeness (QED) is 0.514. The molecule has 4 aromatic rings. The number of aromatic nitrogens is 3. The SMILES string of the molecule is COc1ccc(-c2nc(-c3ccc(C)cc3)nc(-c3ccc(OC)cc3O)n2)cc1.